The topological polar surface area (TPSA) is 64.6 Å². The molecule has 1 fully saturated rings. The summed E-state index contributed by atoms with van der Waals surface area (Å²) in [7, 11) is 0. The number of rotatable bonds is 4. The number of benzene rings is 1. The average Bonchev–Trinajstić information content (AvgIpc) is 2.74. The summed E-state index contributed by atoms with van der Waals surface area (Å²) in [5.41, 5.74) is 0.175. The molecule has 5 nitrogen and oxygen atoms in total. The van der Waals surface area contributed by atoms with Crippen molar-refractivity contribution in [2.24, 2.45) is 5.92 Å². The molecule has 2 rings (SSSR count). The number of halogens is 2. The second-order valence-corrected chi connectivity index (χ2v) is 4.49. The maximum Gasteiger partial charge on any atom is 0.411 e. The zero-order valence-electron chi connectivity index (χ0n) is 11.0. The molecule has 7 heteroatoms. The van der Waals surface area contributed by atoms with E-state index in [0.717, 1.165) is 12.1 Å². The molecule has 0 saturated carbocycles. The van der Waals surface area contributed by atoms with Crippen molar-refractivity contribution in [3.05, 3.63) is 42.0 Å². The molecule has 1 aromatic carbocycles. The molecule has 0 spiro atoms. The highest BCUT2D eigenvalue weighted by Gasteiger charge is 2.28. The van der Waals surface area contributed by atoms with Gasteiger partial charge in [-0.25, -0.2) is 18.4 Å². The number of amides is 1. The van der Waals surface area contributed by atoms with Gasteiger partial charge in [-0.3, -0.25) is 5.32 Å². The Hall–Kier alpha value is -2.44. The van der Waals surface area contributed by atoms with E-state index in [2.05, 4.69) is 11.9 Å². The highest BCUT2D eigenvalue weighted by molar-refractivity contribution is 5.90. The van der Waals surface area contributed by atoms with Crippen LogP contribution in [0.4, 0.5) is 19.3 Å². The molecule has 1 saturated heterocycles. The third-order valence-corrected chi connectivity index (χ3v) is 3.04. The SMILES string of the molecule is C=C1C(=O)OC[C@H]1CCOC(=O)Nc1ccc(F)cc1F. The fourth-order valence-corrected chi connectivity index (χ4v) is 1.82. The number of hydrogen-bond donors (Lipinski definition) is 1. The fourth-order valence-electron chi connectivity index (χ4n) is 1.82. The van der Waals surface area contributed by atoms with Gasteiger partial charge in [-0.2, -0.15) is 0 Å². The number of cyclic esters (lactones) is 1. The van der Waals surface area contributed by atoms with Gasteiger partial charge in [-0.15, -0.1) is 0 Å². The number of hydrogen-bond acceptors (Lipinski definition) is 4. The van der Waals surface area contributed by atoms with Gasteiger partial charge in [-0.1, -0.05) is 6.58 Å². The molecule has 1 amide bonds. The molecule has 1 N–H and O–H groups in total. The molecule has 1 aliphatic rings. The summed E-state index contributed by atoms with van der Waals surface area (Å²) in [6.07, 6.45) is -0.486. The van der Waals surface area contributed by atoms with Gasteiger partial charge < -0.3 is 9.47 Å². The maximum absolute atomic E-state index is 13.3. The monoisotopic (exact) mass is 297 g/mol. The van der Waals surface area contributed by atoms with Crippen molar-refractivity contribution in [1.82, 2.24) is 0 Å². The van der Waals surface area contributed by atoms with Crippen LogP contribution in [0.5, 0.6) is 0 Å². The van der Waals surface area contributed by atoms with Crippen LogP contribution in [0.3, 0.4) is 0 Å². The molecule has 0 radical (unpaired) electrons. The smallest absolute Gasteiger partial charge is 0.411 e. The van der Waals surface area contributed by atoms with Crippen LogP contribution in [0.15, 0.2) is 30.4 Å². The lowest BCUT2D eigenvalue weighted by molar-refractivity contribution is -0.135. The lowest BCUT2D eigenvalue weighted by atomic mass is 10.0. The Labute approximate surface area is 119 Å². The van der Waals surface area contributed by atoms with Crippen LogP contribution >= 0.6 is 0 Å². The molecule has 112 valence electrons. The van der Waals surface area contributed by atoms with Gasteiger partial charge in [0, 0.05) is 17.6 Å². The quantitative estimate of drug-likeness (QED) is 0.685. The molecule has 0 unspecified atom stereocenters. The molecule has 1 aromatic rings. The standard InChI is InChI=1S/C14H13F2NO4/c1-8-9(7-21-13(8)18)4-5-20-14(19)17-12-3-2-10(15)6-11(12)16/h2-3,6,9H,1,4-5,7H2,(H,17,19)/t9-/m1/s1. The first-order chi connectivity index (χ1) is 9.97. The minimum absolute atomic E-state index is 0.0228. The molecule has 0 aromatic heterocycles. The van der Waals surface area contributed by atoms with Crippen LogP contribution in [-0.4, -0.2) is 25.3 Å². The lowest BCUT2D eigenvalue weighted by Gasteiger charge is -2.10. The minimum atomic E-state index is -0.893. The second kappa shape index (κ2) is 6.34. The number of carbonyl (C=O) groups excluding carboxylic acids is 2. The normalized spacial score (nSPS) is 17.5. The zero-order chi connectivity index (χ0) is 15.4. The van der Waals surface area contributed by atoms with E-state index in [9.17, 15) is 18.4 Å². The first-order valence-electron chi connectivity index (χ1n) is 6.22. The van der Waals surface area contributed by atoms with E-state index in [1.54, 1.807) is 0 Å². The van der Waals surface area contributed by atoms with Crippen LogP contribution in [0, 0.1) is 17.6 Å². The molecule has 1 aliphatic heterocycles. The van der Waals surface area contributed by atoms with Gasteiger partial charge in [0.2, 0.25) is 0 Å². The molecule has 0 bridgehead atoms. The average molecular weight is 297 g/mol. The molecule has 1 heterocycles. The number of carbonyl (C=O) groups is 2. The summed E-state index contributed by atoms with van der Waals surface area (Å²) in [6.45, 7) is 3.83. The van der Waals surface area contributed by atoms with Crippen molar-refractivity contribution in [3.8, 4) is 0 Å². The van der Waals surface area contributed by atoms with Gasteiger partial charge in [0.1, 0.15) is 11.6 Å². The van der Waals surface area contributed by atoms with E-state index in [1.807, 2.05) is 0 Å². The summed E-state index contributed by atoms with van der Waals surface area (Å²) >= 11 is 0. The van der Waals surface area contributed by atoms with E-state index >= 15 is 0 Å². The number of esters is 1. The van der Waals surface area contributed by atoms with Crippen molar-refractivity contribution < 1.29 is 27.8 Å². The molecule has 1 atom stereocenters. The molecule has 0 aliphatic carbocycles. The Bertz CT molecular complexity index is 588. The predicted molar refractivity (Wildman–Crippen MR) is 69.5 cm³/mol. The summed E-state index contributed by atoms with van der Waals surface area (Å²) in [5, 5.41) is 2.16. The molecular formula is C14H13F2NO4. The van der Waals surface area contributed by atoms with Crippen molar-refractivity contribution in [2.75, 3.05) is 18.5 Å². The minimum Gasteiger partial charge on any atom is -0.462 e. The third kappa shape index (κ3) is 3.77. The number of nitrogens with one attached hydrogen (secondary N) is 1. The van der Waals surface area contributed by atoms with Crippen molar-refractivity contribution >= 4 is 17.7 Å². The van der Waals surface area contributed by atoms with Crippen LogP contribution in [-0.2, 0) is 14.3 Å². The third-order valence-electron chi connectivity index (χ3n) is 3.04. The highest BCUT2D eigenvalue weighted by atomic mass is 19.1. The van der Waals surface area contributed by atoms with Gasteiger partial charge in [0.05, 0.1) is 18.9 Å². The largest absolute Gasteiger partial charge is 0.462 e. The van der Waals surface area contributed by atoms with E-state index in [-0.39, 0.29) is 24.8 Å². The molecular weight excluding hydrogens is 284 g/mol. The summed E-state index contributed by atoms with van der Waals surface area (Å²) < 4.78 is 35.6. The lowest BCUT2D eigenvalue weighted by Crippen LogP contribution is -2.17. The Balaban J connectivity index is 1.77. The highest BCUT2D eigenvalue weighted by Crippen LogP contribution is 2.22. The van der Waals surface area contributed by atoms with E-state index < -0.39 is 23.7 Å². The van der Waals surface area contributed by atoms with Crippen LogP contribution in [0.25, 0.3) is 0 Å². The number of anilines is 1. The van der Waals surface area contributed by atoms with E-state index in [0.29, 0.717) is 18.1 Å². The Morgan fingerprint density at radius 2 is 2.24 bits per heavy atom. The maximum atomic E-state index is 13.3. The van der Waals surface area contributed by atoms with Crippen LogP contribution in [0.2, 0.25) is 0 Å². The second-order valence-electron chi connectivity index (χ2n) is 4.49. The van der Waals surface area contributed by atoms with Gasteiger partial charge in [-0.05, 0) is 18.6 Å². The number of ether oxygens (including phenoxy) is 2. The van der Waals surface area contributed by atoms with Crippen molar-refractivity contribution in [3.63, 3.8) is 0 Å². The Morgan fingerprint density at radius 1 is 1.48 bits per heavy atom. The van der Waals surface area contributed by atoms with Gasteiger partial charge in [0.15, 0.2) is 0 Å². The van der Waals surface area contributed by atoms with Crippen LogP contribution < -0.4 is 5.32 Å². The van der Waals surface area contributed by atoms with Crippen molar-refractivity contribution in [2.45, 2.75) is 6.42 Å². The van der Waals surface area contributed by atoms with Gasteiger partial charge >= 0.3 is 12.1 Å². The Morgan fingerprint density at radius 3 is 2.86 bits per heavy atom. The summed E-state index contributed by atoms with van der Waals surface area (Å²) in [4.78, 5) is 22.5. The Kier molecular flexibility index (Phi) is 4.52. The first kappa shape index (κ1) is 15.0. The van der Waals surface area contributed by atoms with E-state index in [1.165, 1.54) is 0 Å². The first-order valence-corrected chi connectivity index (χ1v) is 6.22. The van der Waals surface area contributed by atoms with E-state index in [4.69, 9.17) is 9.47 Å². The van der Waals surface area contributed by atoms with Crippen LogP contribution in [0.1, 0.15) is 6.42 Å². The van der Waals surface area contributed by atoms with Gasteiger partial charge in [0.25, 0.3) is 0 Å². The summed E-state index contributed by atoms with van der Waals surface area (Å²) in [6, 6.07) is 2.77. The summed E-state index contributed by atoms with van der Waals surface area (Å²) in [5.74, 6) is -2.27. The fraction of sp³-hybridized carbons (Fsp3) is 0.286. The molecule has 21 heavy (non-hydrogen) atoms. The van der Waals surface area contributed by atoms with Crippen molar-refractivity contribution in [1.29, 1.82) is 0 Å². The predicted octanol–water partition coefficient (Wildman–Crippen LogP) is 2.63. The zero-order valence-corrected chi connectivity index (χ0v) is 11.0.